The summed E-state index contributed by atoms with van der Waals surface area (Å²) in [6.07, 6.45) is 1.16. The van der Waals surface area contributed by atoms with Crippen molar-refractivity contribution in [2.45, 2.75) is 0 Å². The summed E-state index contributed by atoms with van der Waals surface area (Å²) >= 11 is 0. The van der Waals surface area contributed by atoms with Crippen molar-refractivity contribution >= 4 is 27.8 Å². The summed E-state index contributed by atoms with van der Waals surface area (Å²) in [5.41, 5.74) is 1.03. The number of carboxylic acids is 1. The van der Waals surface area contributed by atoms with E-state index in [1.807, 2.05) is 24.3 Å². The minimum atomic E-state index is -1.12. The number of benzene rings is 1. The monoisotopic (exact) mass is 228 g/mol. The molecule has 3 rings (SSSR count). The molecule has 0 radical (unpaired) electrons. The number of para-hydroxylation sites is 1. The molecule has 0 fully saturated rings. The third-order valence-electron chi connectivity index (χ3n) is 2.72. The Bertz CT molecular complexity index is 746. The van der Waals surface area contributed by atoms with Gasteiger partial charge in [-0.1, -0.05) is 18.2 Å². The molecule has 3 N–H and O–H groups in total. The predicted octanol–water partition coefficient (Wildman–Crippen LogP) is 2.12. The number of pyridine rings is 1. The lowest BCUT2D eigenvalue weighted by atomic mass is 10.1. The van der Waals surface area contributed by atoms with Gasteiger partial charge in [-0.2, -0.15) is 0 Å². The summed E-state index contributed by atoms with van der Waals surface area (Å²) in [5, 5.41) is 20.1. The van der Waals surface area contributed by atoms with E-state index in [1.54, 1.807) is 0 Å². The fourth-order valence-electron chi connectivity index (χ4n) is 2.00. The molecule has 3 aromatic rings. The van der Waals surface area contributed by atoms with E-state index in [9.17, 15) is 9.90 Å². The van der Waals surface area contributed by atoms with Crippen LogP contribution in [0.2, 0.25) is 0 Å². The number of rotatable bonds is 1. The Balaban J connectivity index is 2.58. The average molecular weight is 228 g/mol. The molecule has 0 atom stereocenters. The molecule has 0 aliphatic rings. The summed E-state index contributed by atoms with van der Waals surface area (Å²) in [4.78, 5) is 17.7. The lowest BCUT2D eigenvalue weighted by Gasteiger charge is -1.98. The molecule has 0 unspecified atom stereocenters. The zero-order chi connectivity index (χ0) is 12.0. The highest BCUT2D eigenvalue weighted by molar-refractivity contribution is 6.14. The molecular weight excluding hydrogens is 220 g/mol. The average Bonchev–Trinajstić information content (AvgIpc) is 2.68. The van der Waals surface area contributed by atoms with Crippen molar-refractivity contribution in [3.05, 3.63) is 36.2 Å². The smallest absolute Gasteiger partial charge is 0.356 e. The van der Waals surface area contributed by atoms with Crippen molar-refractivity contribution in [3.8, 4) is 5.75 Å². The number of fused-ring (bicyclic) bond motifs is 3. The van der Waals surface area contributed by atoms with Crippen molar-refractivity contribution in [2.75, 3.05) is 0 Å². The van der Waals surface area contributed by atoms with Gasteiger partial charge in [0.15, 0.2) is 5.69 Å². The molecule has 5 heteroatoms. The summed E-state index contributed by atoms with van der Waals surface area (Å²) in [7, 11) is 0. The van der Waals surface area contributed by atoms with E-state index < -0.39 is 5.97 Å². The zero-order valence-electron chi connectivity index (χ0n) is 8.64. The van der Waals surface area contributed by atoms with E-state index in [-0.39, 0.29) is 11.4 Å². The Labute approximate surface area is 95.3 Å². The van der Waals surface area contributed by atoms with Crippen LogP contribution in [-0.4, -0.2) is 26.2 Å². The van der Waals surface area contributed by atoms with Crippen LogP contribution in [0.3, 0.4) is 0 Å². The van der Waals surface area contributed by atoms with Gasteiger partial charge >= 0.3 is 5.97 Å². The highest BCUT2D eigenvalue weighted by Gasteiger charge is 2.16. The van der Waals surface area contributed by atoms with E-state index in [0.29, 0.717) is 10.9 Å². The van der Waals surface area contributed by atoms with Crippen molar-refractivity contribution in [1.82, 2.24) is 9.97 Å². The van der Waals surface area contributed by atoms with E-state index in [1.165, 1.54) is 0 Å². The number of H-pyrrole nitrogens is 1. The number of nitrogens with zero attached hydrogens (tertiary/aromatic N) is 1. The standard InChI is InChI=1S/C12H8N2O3/c15-8-5-13-11(12(16)17)10-9(8)6-3-1-2-4-7(6)14-10/h1-5,14-15H,(H,16,17). The topological polar surface area (TPSA) is 86.2 Å². The maximum absolute atomic E-state index is 11.0. The third-order valence-corrected chi connectivity index (χ3v) is 2.72. The van der Waals surface area contributed by atoms with Gasteiger partial charge in [-0.15, -0.1) is 0 Å². The molecule has 0 saturated carbocycles. The largest absolute Gasteiger partial charge is 0.506 e. The van der Waals surface area contributed by atoms with Gasteiger partial charge < -0.3 is 15.2 Å². The molecule has 1 aromatic carbocycles. The van der Waals surface area contributed by atoms with Crippen LogP contribution < -0.4 is 0 Å². The Morgan fingerprint density at radius 1 is 1.29 bits per heavy atom. The fraction of sp³-hybridized carbons (Fsp3) is 0. The summed E-state index contributed by atoms with van der Waals surface area (Å²) in [6, 6.07) is 7.30. The molecule has 84 valence electrons. The third kappa shape index (κ3) is 1.25. The van der Waals surface area contributed by atoms with Gasteiger partial charge in [-0.3, -0.25) is 0 Å². The van der Waals surface area contributed by atoms with Crippen molar-refractivity contribution < 1.29 is 15.0 Å². The van der Waals surface area contributed by atoms with E-state index >= 15 is 0 Å². The van der Waals surface area contributed by atoms with Crippen LogP contribution in [0.5, 0.6) is 5.75 Å². The Morgan fingerprint density at radius 3 is 2.82 bits per heavy atom. The lowest BCUT2D eigenvalue weighted by molar-refractivity contribution is 0.0692. The first kappa shape index (κ1) is 9.65. The Kier molecular flexibility index (Phi) is 1.82. The zero-order valence-corrected chi connectivity index (χ0v) is 8.64. The SMILES string of the molecule is O=C(O)c1ncc(O)c2c1[nH]c1ccccc12. The highest BCUT2D eigenvalue weighted by atomic mass is 16.4. The molecule has 5 nitrogen and oxygen atoms in total. The van der Waals surface area contributed by atoms with Crippen LogP contribution in [-0.2, 0) is 0 Å². The summed E-state index contributed by atoms with van der Waals surface area (Å²) in [5.74, 6) is -1.15. The maximum atomic E-state index is 11.0. The van der Waals surface area contributed by atoms with Gasteiger partial charge in [0.25, 0.3) is 0 Å². The minimum absolute atomic E-state index is 0.0255. The number of carbonyl (C=O) groups is 1. The van der Waals surface area contributed by atoms with Crippen LogP contribution in [0.15, 0.2) is 30.5 Å². The van der Waals surface area contributed by atoms with Gasteiger partial charge in [0.05, 0.1) is 17.1 Å². The van der Waals surface area contributed by atoms with Gasteiger partial charge in [-0.25, -0.2) is 9.78 Å². The molecule has 0 saturated heterocycles. The number of aromatic amines is 1. The quantitative estimate of drug-likeness (QED) is 0.595. The number of nitrogens with one attached hydrogen (secondary N) is 1. The number of aromatic carboxylic acids is 1. The van der Waals surface area contributed by atoms with Crippen molar-refractivity contribution in [2.24, 2.45) is 0 Å². The molecule has 0 bridgehead atoms. The molecule has 0 spiro atoms. The van der Waals surface area contributed by atoms with E-state index in [0.717, 1.165) is 17.1 Å². The second-order valence-electron chi connectivity index (χ2n) is 3.72. The molecule has 0 aliphatic heterocycles. The van der Waals surface area contributed by atoms with Crippen molar-refractivity contribution in [3.63, 3.8) is 0 Å². The predicted molar refractivity (Wildman–Crippen MR) is 62.2 cm³/mol. The molecule has 2 aromatic heterocycles. The van der Waals surface area contributed by atoms with Gasteiger partial charge in [0, 0.05) is 10.9 Å². The van der Waals surface area contributed by atoms with Gasteiger partial charge in [-0.05, 0) is 6.07 Å². The number of carboxylic acid groups (broad SMARTS) is 1. The Hall–Kier alpha value is -2.56. The first-order valence-electron chi connectivity index (χ1n) is 5.00. The number of aromatic hydroxyl groups is 1. The second kappa shape index (κ2) is 3.21. The molecule has 2 heterocycles. The first-order valence-corrected chi connectivity index (χ1v) is 5.00. The minimum Gasteiger partial charge on any atom is -0.506 e. The summed E-state index contributed by atoms with van der Waals surface area (Å²) < 4.78 is 0. The maximum Gasteiger partial charge on any atom is 0.356 e. The van der Waals surface area contributed by atoms with Crippen LogP contribution in [0.25, 0.3) is 21.8 Å². The van der Waals surface area contributed by atoms with E-state index in [4.69, 9.17) is 5.11 Å². The van der Waals surface area contributed by atoms with Crippen molar-refractivity contribution in [1.29, 1.82) is 0 Å². The normalized spacial score (nSPS) is 11.1. The Morgan fingerprint density at radius 2 is 2.06 bits per heavy atom. The van der Waals surface area contributed by atoms with Crippen LogP contribution in [0.1, 0.15) is 10.5 Å². The lowest BCUT2D eigenvalue weighted by Crippen LogP contribution is -2.00. The van der Waals surface area contributed by atoms with Crippen LogP contribution >= 0.6 is 0 Å². The number of hydrogen-bond donors (Lipinski definition) is 3. The van der Waals surface area contributed by atoms with Gasteiger partial charge in [0.1, 0.15) is 5.75 Å². The van der Waals surface area contributed by atoms with Gasteiger partial charge in [0.2, 0.25) is 0 Å². The molecular formula is C12H8N2O3. The summed E-state index contributed by atoms with van der Waals surface area (Å²) in [6.45, 7) is 0. The van der Waals surface area contributed by atoms with Crippen LogP contribution in [0, 0.1) is 0 Å². The number of hydrogen-bond acceptors (Lipinski definition) is 3. The molecule has 17 heavy (non-hydrogen) atoms. The number of aromatic nitrogens is 2. The molecule has 0 aliphatic carbocycles. The first-order chi connectivity index (χ1) is 8.18. The molecule has 0 amide bonds. The highest BCUT2D eigenvalue weighted by Crippen LogP contribution is 2.32. The second-order valence-corrected chi connectivity index (χ2v) is 3.72. The van der Waals surface area contributed by atoms with E-state index in [2.05, 4.69) is 9.97 Å². The van der Waals surface area contributed by atoms with Crippen LogP contribution in [0.4, 0.5) is 0 Å². The fourth-order valence-corrected chi connectivity index (χ4v) is 2.00.